The Hall–Kier alpha value is 0.270. The molecule has 0 aromatic rings. The lowest BCUT2D eigenvalue weighted by molar-refractivity contribution is 0.143. The fourth-order valence-electron chi connectivity index (χ4n) is 4.73. The Kier molecular flexibility index (Phi) is 5.92. The first-order chi connectivity index (χ1) is 10.2. The fraction of sp³-hybridized carbons (Fsp3) is 1.00. The molecular weight excluding hydrogens is 276 g/mol. The first-order valence-corrected chi connectivity index (χ1v) is 10.3. The molecule has 2 nitrogen and oxygen atoms in total. The van der Waals surface area contributed by atoms with E-state index in [9.17, 15) is 0 Å². The molecule has 0 aromatic heterocycles. The molecule has 1 N–H and O–H groups in total. The number of hydrogen-bond donors (Lipinski definition) is 1. The Bertz CT molecular complexity index is 316. The highest BCUT2D eigenvalue weighted by Gasteiger charge is 2.35. The highest BCUT2D eigenvalue weighted by molar-refractivity contribution is 8.00. The van der Waals surface area contributed by atoms with Crippen LogP contribution in [-0.4, -0.2) is 47.6 Å². The van der Waals surface area contributed by atoms with E-state index in [4.69, 9.17) is 0 Å². The van der Waals surface area contributed by atoms with Crippen LogP contribution in [0.2, 0.25) is 0 Å². The third-order valence-corrected chi connectivity index (χ3v) is 7.94. The number of nitrogens with one attached hydrogen (secondary N) is 1. The van der Waals surface area contributed by atoms with Gasteiger partial charge in [0, 0.05) is 42.7 Å². The second kappa shape index (κ2) is 7.70. The third kappa shape index (κ3) is 4.17. The van der Waals surface area contributed by atoms with E-state index in [0.29, 0.717) is 0 Å². The number of nitrogens with zero attached hydrogens (tertiary/aromatic N) is 1. The molecule has 0 spiro atoms. The van der Waals surface area contributed by atoms with Gasteiger partial charge in [-0.1, -0.05) is 26.7 Å². The maximum atomic E-state index is 3.51. The van der Waals surface area contributed by atoms with Crippen LogP contribution in [0.25, 0.3) is 0 Å². The van der Waals surface area contributed by atoms with Crippen LogP contribution >= 0.6 is 11.8 Å². The van der Waals surface area contributed by atoms with Gasteiger partial charge in [0.2, 0.25) is 0 Å². The first kappa shape index (κ1) is 16.1. The summed E-state index contributed by atoms with van der Waals surface area (Å²) in [6, 6.07) is 0.873. The van der Waals surface area contributed by atoms with Crippen LogP contribution in [0, 0.1) is 11.8 Å². The Morgan fingerprint density at radius 2 is 1.67 bits per heavy atom. The smallest absolute Gasteiger partial charge is 0.0215 e. The molecule has 5 atom stereocenters. The summed E-state index contributed by atoms with van der Waals surface area (Å²) in [5.74, 6) is 1.90. The molecule has 3 aliphatic rings. The topological polar surface area (TPSA) is 15.3 Å². The summed E-state index contributed by atoms with van der Waals surface area (Å²) in [5, 5.41) is 5.37. The monoisotopic (exact) mass is 310 g/mol. The van der Waals surface area contributed by atoms with Crippen LogP contribution in [-0.2, 0) is 0 Å². The molecule has 2 saturated carbocycles. The predicted molar refractivity (Wildman–Crippen MR) is 94.0 cm³/mol. The predicted octanol–water partition coefficient (Wildman–Crippen LogP) is 3.76. The molecule has 3 fully saturated rings. The van der Waals surface area contributed by atoms with Gasteiger partial charge in [-0.05, 0) is 43.9 Å². The van der Waals surface area contributed by atoms with Crippen molar-refractivity contribution < 1.29 is 0 Å². The summed E-state index contributed by atoms with van der Waals surface area (Å²) in [7, 11) is 0. The Balaban J connectivity index is 1.58. The van der Waals surface area contributed by atoms with Crippen molar-refractivity contribution >= 4 is 11.8 Å². The normalized spacial score (nSPS) is 42.9. The Morgan fingerprint density at radius 3 is 2.43 bits per heavy atom. The summed E-state index contributed by atoms with van der Waals surface area (Å²) in [5.41, 5.74) is 0. The molecule has 122 valence electrons. The standard InChI is InChI=1S/C18H34N2S/c1-14-7-8-17(15(2)13-14)21-18-6-4-3-5-16(18)20-11-9-19-10-12-20/h14-19H,3-13H2,1-2H3. The third-order valence-electron chi connectivity index (χ3n) is 5.99. The number of rotatable bonds is 3. The molecule has 3 rings (SSSR count). The number of piperazine rings is 1. The van der Waals surface area contributed by atoms with E-state index in [1.165, 1.54) is 71.1 Å². The molecule has 0 amide bonds. The number of hydrogen-bond acceptors (Lipinski definition) is 3. The van der Waals surface area contributed by atoms with Crippen molar-refractivity contribution in [1.82, 2.24) is 10.2 Å². The highest BCUT2D eigenvalue weighted by atomic mass is 32.2. The van der Waals surface area contributed by atoms with Gasteiger partial charge >= 0.3 is 0 Å². The van der Waals surface area contributed by atoms with Crippen LogP contribution in [0.5, 0.6) is 0 Å². The Morgan fingerprint density at radius 1 is 0.905 bits per heavy atom. The molecule has 1 saturated heterocycles. The van der Waals surface area contributed by atoms with Crippen molar-refractivity contribution in [3.63, 3.8) is 0 Å². The van der Waals surface area contributed by atoms with Crippen LogP contribution in [0.1, 0.15) is 58.8 Å². The lowest BCUT2D eigenvalue weighted by Crippen LogP contribution is -2.53. The van der Waals surface area contributed by atoms with E-state index in [1.807, 2.05) is 0 Å². The van der Waals surface area contributed by atoms with Crippen molar-refractivity contribution in [2.75, 3.05) is 26.2 Å². The summed E-state index contributed by atoms with van der Waals surface area (Å²) < 4.78 is 0. The van der Waals surface area contributed by atoms with Crippen molar-refractivity contribution in [1.29, 1.82) is 0 Å². The van der Waals surface area contributed by atoms with E-state index >= 15 is 0 Å². The fourth-order valence-corrected chi connectivity index (χ4v) is 6.62. The van der Waals surface area contributed by atoms with Crippen molar-refractivity contribution in [3.8, 4) is 0 Å². The van der Waals surface area contributed by atoms with Gasteiger partial charge in [-0.3, -0.25) is 4.90 Å². The van der Waals surface area contributed by atoms with Crippen molar-refractivity contribution in [3.05, 3.63) is 0 Å². The lowest BCUT2D eigenvalue weighted by atomic mass is 9.83. The summed E-state index contributed by atoms with van der Waals surface area (Å²) in [6.07, 6.45) is 10.3. The van der Waals surface area contributed by atoms with Gasteiger partial charge in [0.1, 0.15) is 0 Å². The zero-order valence-electron chi connectivity index (χ0n) is 14.0. The molecule has 0 bridgehead atoms. The van der Waals surface area contributed by atoms with E-state index < -0.39 is 0 Å². The van der Waals surface area contributed by atoms with Gasteiger partial charge in [0.15, 0.2) is 0 Å². The summed E-state index contributed by atoms with van der Waals surface area (Å²) >= 11 is 2.39. The SMILES string of the molecule is CC1CCC(SC2CCCCC2N2CCNCC2)C(C)C1. The lowest BCUT2D eigenvalue weighted by Gasteiger charge is -2.44. The molecule has 3 heteroatoms. The molecule has 5 unspecified atom stereocenters. The van der Waals surface area contributed by atoms with Gasteiger partial charge in [-0.15, -0.1) is 0 Å². The largest absolute Gasteiger partial charge is 0.314 e. The summed E-state index contributed by atoms with van der Waals surface area (Å²) in [6.45, 7) is 9.91. The van der Waals surface area contributed by atoms with E-state index in [2.05, 4.69) is 35.8 Å². The molecule has 1 heterocycles. The highest BCUT2D eigenvalue weighted by Crippen LogP contribution is 2.42. The van der Waals surface area contributed by atoms with Crippen molar-refractivity contribution in [2.45, 2.75) is 75.3 Å². The van der Waals surface area contributed by atoms with Crippen molar-refractivity contribution in [2.24, 2.45) is 11.8 Å². The average molecular weight is 311 g/mol. The van der Waals surface area contributed by atoms with Gasteiger partial charge in [0.25, 0.3) is 0 Å². The van der Waals surface area contributed by atoms with Crippen LogP contribution in [0.15, 0.2) is 0 Å². The number of thioether (sulfide) groups is 1. The average Bonchev–Trinajstić information content (AvgIpc) is 2.51. The second-order valence-electron chi connectivity index (χ2n) is 7.75. The summed E-state index contributed by atoms with van der Waals surface area (Å²) in [4.78, 5) is 2.81. The van der Waals surface area contributed by atoms with E-state index in [-0.39, 0.29) is 0 Å². The molecule has 2 aliphatic carbocycles. The van der Waals surface area contributed by atoms with Gasteiger partial charge in [-0.2, -0.15) is 11.8 Å². The minimum absolute atomic E-state index is 0.873. The van der Waals surface area contributed by atoms with Gasteiger partial charge in [0.05, 0.1) is 0 Å². The van der Waals surface area contributed by atoms with Gasteiger partial charge < -0.3 is 5.32 Å². The Labute approximate surface area is 135 Å². The first-order valence-electron chi connectivity index (χ1n) is 9.34. The van der Waals surface area contributed by atoms with E-state index in [0.717, 1.165) is 28.4 Å². The maximum absolute atomic E-state index is 3.51. The molecule has 0 aromatic carbocycles. The minimum atomic E-state index is 0.873. The molecule has 0 radical (unpaired) electrons. The van der Waals surface area contributed by atoms with Crippen LogP contribution < -0.4 is 5.32 Å². The second-order valence-corrected chi connectivity index (χ2v) is 9.23. The molecular formula is C18H34N2S. The van der Waals surface area contributed by atoms with Crippen LogP contribution in [0.4, 0.5) is 0 Å². The quantitative estimate of drug-likeness (QED) is 0.854. The zero-order valence-corrected chi connectivity index (χ0v) is 14.8. The van der Waals surface area contributed by atoms with Gasteiger partial charge in [-0.25, -0.2) is 0 Å². The zero-order chi connectivity index (χ0) is 14.7. The maximum Gasteiger partial charge on any atom is 0.0215 e. The molecule has 1 aliphatic heterocycles. The van der Waals surface area contributed by atoms with Crippen LogP contribution in [0.3, 0.4) is 0 Å². The molecule has 21 heavy (non-hydrogen) atoms. The van der Waals surface area contributed by atoms with E-state index in [1.54, 1.807) is 0 Å². The minimum Gasteiger partial charge on any atom is -0.314 e.